The summed E-state index contributed by atoms with van der Waals surface area (Å²) in [6, 6.07) is 6.09. The van der Waals surface area contributed by atoms with Gasteiger partial charge >= 0.3 is 0 Å². The van der Waals surface area contributed by atoms with Gasteiger partial charge in [-0.25, -0.2) is 0 Å². The molecule has 1 heterocycles. The molecular weight excluding hydrogens is 236 g/mol. The number of hydrogen-bond acceptors (Lipinski definition) is 3. The van der Waals surface area contributed by atoms with Crippen molar-refractivity contribution in [2.75, 3.05) is 5.73 Å². The summed E-state index contributed by atoms with van der Waals surface area (Å²) in [6.07, 6.45) is 1.79. The van der Waals surface area contributed by atoms with Crippen molar-refractivity contribution in [2.45, 2.75) is 34.3 Å². The fraction of sp³-hybridized carbons (Fsp3) is 0.312. The predicted octanol–water partition coefficient (Wildman–Crippen LogP) is 3.48. The number of hydrogen-bond donors (Lipinski definition) is 1. The molecule has 3 nitrogen and oxygen atoms in total. The minimum atomic E-state index is 0.443. The van der Waals surface area contributed by atoms with Gasteiger partial charge in [0.05, 0.1) is 5.69 Å². The number of rotatable bonds is 3. The second-order valence-electron chi connectivity index (χ2n) is 4.96. The van der Waals surface area contributed by atoms with Crippen molar-refractivity contribution in [1.82, 2.24) is 4.98 Å². The molecule has 0 saturated heterocycles. The average Bonchev–Trinajstić information content (AvgIpc) is 2.39. The van der Waals surface area contributed by atoms with Crippen LogP contribution in [0.2, 0.25) is 0 Å². The highest BCUT2D eigenvalue weighted by atomic mass is 16.5. The summed E-state index contributed by atoms with van der Waals surface area (Å²) in [5, 5.41) is 0. The van der Waals surface area contributed by atoms with Crippen LogP contribution in [0.1, 0.15) is 27.9 Å². The van der Waals surface area contributed by atoms with Crippen LogP contribution < -0.4 is 10.5 Å². The van der Waals surface area contributed by atoms with Crippen LogP contribution in [0.4, 0.5) is 5.69 Å². The van der Waals surface area contributed by atoms with Crippen LogP contribution in [0.5, 0.6) is 5.75 Å². The van der Waals surface area contributed by atoms with E-state index in [-0.39, 0.29) is 0 Å². The third-order valence-corrected chi connectivity index (χ3v) is 3.53. The molecule has 3 heteroatoms. The lowest BCUT2D eigenvalue weighted by atomic mass is 10.1. The summed E-state index contributed by atoms with van der Waals surface area (Å²) >= 11 is 0. The van der Waals surface area contributed by atoms with Crippen LogP contribution >= 0.6 is 0 Å². The number of nitrogens with zero attached hydrogens (tertiary/aromatic N) is 1. The summed E-state index contributed by atoms with van der Waals surface area (Å²) in [5.41, 5.74) is 12.2. The number of pyridine rings is 1. The zero-order valence-corrected chi connectivity index (χ0v) is 11.9. The van der Waals surface area contributed by atoms with E-state index in [1.54, 1.807) is 6.20 Å². The van der Waals surface area contributed by atoms with Gasteiger partial charge in [0.1, 0.15) is 12.4 Å². The molecule has 1 aromatic heterocycles. The fourth-order valence-corrected chi connectivity index (χ4v) is 1.89. The first-order chi connectivity index (χ1) is 8.99. The Bertz CT molecular complexity index is 606. The molecule has 19 heavy (non-hydrogen) atoms. The van der Waals surface area contributed by atoms with E-state index < -0.39 is 0 Å². The largest absolute Gasteiger partial charge is 0.487 e. The summed E-state index contributed by atoms with van der Waals surface area (Å²) in [7, 11) is 0. The van der Waals surface area contributed by atoms with E-state index in [1.807, 2.05) is 26.0 Å². The molecule has 100 valence electrons. The Morgan fingerprint density at radius 3 is 2.47 bits per heavy atom. The van der Waals surface area contributed by atoms with Crippen molar-refractivity contribution in [3.63, 3.8) is 0 Å². The first-order valence-electron chi connectivity index (χ1n) is 6.39. The summed E-state index contributed by atoms with van der Waals surface area (Å²) in [5.74, 6) is 0.864. The molecule has 2 N–H and O–H groups in total. The van der Waals surface area contributed by atoms with Gasteiger partial charge in [-0.15, -0.1) is 0 Å². The van der Waals surface area contributed by atoms with Gasteiger partial charge in [0, 0.05) is 11.9 Å². The number of aromatic nitrogens is 1. The van der Waals surface area contributed by atoms with Crippen molar-refractivity contribution >= 4 is 5.69 Å². The van der Waals surface area contributed by atoms with Gasteiger partial charge in [-0.05, 0) is 62.1 Å². The standard InChI is InChI=1S/C16H20N2O/c1-10-5-6-14(7-11(10)2)19-9-15-13(4)16(17)12(3)8-18-15/h5-8H,9H2,1-4H3,(H2,17,18). The van der Waals surface area contributed by atoms with Gasteiger partial charge in [-0.2, -0.15) is 0 Å². The molecule has 0 aliphatic carbocycles. The maximum absolute atomic E-state index is 6.00. The molecule has 0 unspecified atom stereocenters. The van der Waals surface area contributed by atoms with E-state index in [0.717, 1.165) is 28.3 Å². The maximum Gasteiger partial charge on any atom is 0.131 e. The SMILES string of the molecule is Cc1ccc(OCc2ncc(C)c(N)c2C)cc1C. The van der Waals surface area contributed by atoms with Crippen LogP contribution in [-0.4, -0.2) is 4.98 Å². The maximum atomic E-state index is 6.00. The van der Waals surface area contributed by atoms with Gasteiger partial charge in [-0.3, -0.25) is 4.98 Å². The molecule has 0 aliphatic rings. The minimum Gasteiger partial charge on any atom is -0.487 e. The number of nitrogen functional groups attached to an aromatic ring is 1. The Morgan fingerprint density at radius 2 is 1.79 bits per heavy atom. The van der Waals surface area contributed by atoms with Crippen LogP contribution in [0.3, 0.4) is 0 Å². The highest BCUT2D eigenvalue weighted by Crippen LogP contribution is 2.21. The van der Waals surface area contributed by atoms with Gasteiger partial charge in [0.25, 0.3) is 0 Å². The first-order valence-corrected chi connectivity index (χ1v) is 6.39. The Balaban J connectivity index is 2.14. The number of aryl methyl sites for hydroxylation is 3. The van der Waals surface area contributed by atoms with Crippen molar-refractivity contribution < 1.29 is 4.74 Å². The monoisotopic (exact) mass is 256 g/mol. The lowest BCUT2D eigenvalue weighted by molar-refractivity contribution is 0.300. The van der Waals surface area contributed by atoms with E-state index in [2.05, 4.69) is 24.9 Å². The normalized spacial score (nSPS) is 10.5. The van der Waals surface area contributed by atoms with Crippen molar-refractivity contribution in [3.05, 3.63) is 52.3 Å². The third-order valence-electron chi connectivity index (χ3n) is 3.53. The molecular formula is C16H20N2O. The second-order valence-corrected chi connectivity index (χ2v) is 4.96. The zero-order chi connectivity index (χ0) is 14.0. The van der Waals surface area contributed by atoms with Gasteiger partial charge < -0.3 is 10.5 Å². The number of benzene rings is 1. The molecule has 0 saturated carbocycles. The molecule has 0 spiro atoms. The van der Waals surface area contributed by atoms with Crippen molar-refractivity contribution in [1.29, 1.82) is 0 Å². The molecule has 0 amide bonds. The molecule has 0 aliphatic heterocycles. The quantitative estimate of drug-likeness (QED) is 0.914. The summed E-state index contributed by atoms with van der Waals surface area (Å²) in [4.78, 5) is 4.39. The topological polar surface area (TPSA) is 48.1 Å². The van der Waals surface area contributed by atoms with E-state index in [9.17, 15) is 0 Å². The molecule has 2 rings (SSSR count). The molecule has 0 fully saturated rings. The Kier molecular flexibility index (Phi) is 3.74. The number of anilines is 1. The van der Waals surface area contributed by atoms with Crippen LogP contribution in [-0.2, 0) is 6.61 Å². The Hall–Kier alpha value is -2.03. The van der Waals surface area contributed by atoms with E-state index >= 15 is 0 Å². The van der Waals surface area contributed by atoms with Crippen LogP contribution in [0.25, 0.3) is 0 Å². The highest BCUT2D eigenvalue weighted by molar-refractivity contribution is 5.53. The zero-order valence-electron chi connectivity index (χ0n) is 11.9. The second kappa shape index (κ2) is 5.31. The number of nitrogens with two attached hydrogens (primary N) is 1. The highest BCUT2D eigenvalue weighted by Gasteiger charge is 2.07. The van der Waals surface area contributed by atoms with Crippen molar-refractivity contribution in [2.24, 2.45) is 0 Å². The molecule has 1 aromatic carbocycles. The predicted molar refractivity (Wildman–Crippen MR) is 78.4 cm³/mol. The lowest BCUT2D eigenvalue weighted by Crippen LogP contribution is -2.05. The summed E-state index contributed by atoms with van der Waals surface area (Å²) in [6.45, 7) is 8.55. The Morgan fingerprint density at radius 1 is 1.05 bits per heavy atom. The molecule has 0 bridgehead atoms. The summed E-state index contributed by atoms with van der Waals surface area (Å²) < 4.78 is 5.79. The van der Waals surface area contributed by atoms with Gasteiger partial charge in [-0.1, -0.05) is 6.07 Å². The smallest absolute Gasteiger partial charge is 0.131 e. The van der Waals surface area contributed by atoms with Crippen LogP contribution in [0, 0.1) is 27.7 Å². The number of ether oxygens (including phenoxy) is 1. The van der Waals surface area contributed by atoms with E-state index in [1.165, 1.54) is 11.1 Å². The van der Waals surface area contributed by atoms with Crippen molar-refractivity contribution in [3.8, 4) is 5.75 Å². The lowest BCUT2D eigenvalue weighted by Gasteiger charge is -2.12. The van der Waals surface area contributed by atoms with Gasteiger partial charge in [0.15, 0.2) is 0 Å². The first kappa shape index (κ1) is 13.4. The van der Waals surface area contributed by atoms with Gasteiger partial charge in [0.2, 0.25) is 0 Å². The molecule has 2 aromatic rings. The van der Waals surface area contributed by atoms with E-state index in [4.69, 9.17) is 10.5 Å². The van der Waals surface area contributed by atoms with E-state index in [0.29, 0.717) is 6.61 Å². The molecule has 0 radical (unpaired) electrons. The minimum absolute atomic E-state index is 0.443. The molecule has 0 atom stereocenters. The third kappa shape index (κ3) is 2.87. The van der Waals surface area contributed by atoms with Crippen LogP contribution in [0.15, 0.2) is 24.4 Å². The Labute approximate surface area is 114 Å². The fourth-order valence-electron chi connectivity index (χ4n) is 1.89. The average molecular weight is 256 g/mol.